The maximum absolute atomic E-state index is 7.54. The van der Waals surface area contributed by atoms with Crippen LogP contribution in [0.4, 0.5) is 0 Å². The molecule has 0 aromatic carbocycles. The minimum atomic E-state index is -0.00988. The van der Waals surface area contributed by atoms with Gasteiger partial charge in [-0.1, -0.05) is 58.4 Å². The lowest BCUT2D eigenvalue weighted by Crippen LogP contribution is -2.71. The highest BCUT2D eigenvalue weighted by atomic mass is 14.9. The molecule has 4 rings (SSSR count). The SMILES string of the molecule is C=C(C)/C=C/[C@H]1CC[C@]2(N)[C@]3(C)CC[C@@H]4C[C@@H](C)CC[C@]4(C)C3CC[C@]12C. The predicted molar refractivity (Wildman–Crippen MR) is 116 cm³/mol. The maximum Gasteiger partial charge on any atom is 0.0271 e. The van der Waals surface area contributed by atoms with Crippen molar-refractivity contribution in [1.29, 1.82) is 0 Å². The van der Waals surface area contributed by atoms with E-state index in [0.717, 1.165) is 23.3 Å². The van der Waals surface area contributed by atoms with Gasteiger partial charge in [0.25, 0.3) is 0 Å². The van der Waals surface area contributed by atoms with E-state index in [-0.39, 0.29) is 11.0 Å². The first-order valence-electron chi connectivity index (χ1n) is 11.7. The fourth-order valence-electron chi connectivity index (χ4n) is 8.80. The molecule has 4 aliphatic carbocycles. The lowest BCUT2D eigenvalue weighted by Gasteiger charge is -2.69. The molecule has 4 saturated carbocycles. The van der Waals surface area contributed by atoms with Gasteiger partial charge >= 0.3 is 0 Å². The second-order valence-electron chi connectivity index (χ2n) is 11.9. The smallest absolute Gasteiger partial charge is 0.0271 e. The fraction of sp³-hybridized carbons (Fsp3) is 0.846. The summed E-state index contributed by atoms with van der Waals surface area (Å²) in [5, 5.41) is 0. The molecule has 152 valence electrons. The highest BCUT2D eigenvalue weighted by Gasteiger charge is 2.70. The van der Waals surface area contributed by atoms with Crippen molar-refractivity contribution in [2.24, 2.45) is 45.7 Å². The molecule has 0 aromatic heterocycles. The van der Waals surface area contributed by atoms with Gasteiger partial charge in [-0.05, 0) is 98.2 Å². The third-order valence-corrected chi connectivity index (χ3v) is 10.6. The van der Waals surface area contributed by atoms with Crippen LogP contribution in [0.25, 0.3) is 0 Å². The van der Waals surface area contributed by atoms with Crippen molar-refractivity contribution in [1.82, 2.24) is 0 Å². The number of hydrogen-bond acceptors (Lipinski definition) is 1. The van der Waals surface area contributed by atoms with Crippen LogP contribution >= 0.6 is 0 Å². The van der Waals surface area contributed by atoms with Crippen LogP contribution < -0.4 is 5.73 Å². The van der Waals surface area contributed by atoms with Crippen LogP contribution in [0.15, 0.2) is 24.3 Å². The van der Waals surface area contributed by atoms with Crippen LogP contribution in [-0.4, -0.2) is 5.54 Å². The van der Waals surface area contributed by atoms with Gasteiger partial charge in [0.15, 0.2) is 0 Å². The van der Waals surface area contributed by atoms with Gasteiger partial charge in [0.2, 0.25) is 0 Å². The summed E-state index contributed by atoms with van der Waals surface area (Å²) in [5.41, 5.74) is 9.77. The molecule has 1 unspecified atom stereocenters. The van der Waals surface area contributed by atoms with Crippen molar-refractivity contribution >= 4 is 0 Å². The second kappa shape index (κ2) is 6.22. The minimum Gasteiger partial charge on any atom is -0.324 e. The molecule has 2 N–H and O–H groups in total. The van der Waals surface area contributed by atoms with Crippen molar-refractivity contribution < 1.29 is 0 Å². The summed E-state index contributed by atoms with van der Waals surface area (Å²) in [6.07, 6.45) is 17.0. The van der Waals surface area contributed by atoms with Crippen LogP contribution in [-0.2, 0) is 0 Å². The monoisotopic (exact) mass is 369 g/mol. The van der Waals surface area contributed by atoms with E-state index in [1.165, 1.54) is 57.8 Å². The molecule has 27 heavy (non-hydrogen) atoms. The Labute approximate surface area is 168 Å². The molecule has 0 bridgehead atoms. The summed E-state index contributed by atoms with van der Waals surface area (Å²) >= 11 is 0. The number of allylic oxidation sites excluding steroid dienone is 3. The van der Waals surface area contributed by atoms with Gasteiger partial charge < -0.3 is 5.73 Å². The Morgan fingerprint density at radius 2 is 1.67 bits per heavy atom. The van der Waals surface area contributed by atoms with E-state index in [9.17, 15) is 0 Å². The van der Waals surface area contributed by atoms with Crippen LogP contribution in [0.2, 0.25) is 0 Å². The molecule has 0 radical (unpaired) electrons. The van der Waals surface area contributed by atoms with Crippen molar-refractivity contribution in [3.05, 3.63) is 24.3 Å². The van der Waals surface area contributed by atoms with E-state index >= 15 is 0 Å². The summed E-state index contributed by atoms with van der Waals surface area (Å²) in [7, 11) is 0. The molecule has 8 atom stereocenters. The van der Waals surface area contributed by atoms with E-state index in [1.54, 1.807) is 0 Å². The summed E-state index contributed by atoms with van der Waals surface area (Å²) in [4.78, 5) is 0. The van der Waals surface area contributed by atoms with Crippen LogP contribution in [0.3, 0.4) is 0 Å². The Morgan fingerprint density at radius 1 is 0.963 bits per heavy atom. The lowest BCUT2D eigenvalue weighted by molar-refractivity contribution is -0.177. The zero-order valence-electron chi connectivity index (χ0n) is 18.6. The molecule has 4 fully saturated rings. The zero-order chi connectivity index (χ0) is 19.7. The topological polar surface area (TPSA) is 26.0 Å². The highest BCUT2D eigenvalue weighted by molar-refractivity contribution is 5.27. The molecule has 0 aliphatic heterocycles. The first-order chi connectivity index (χ1) is 12.6. The maximum atomic E-state index is 7.54. The Bertz CT molecular complexity index is 649. The fourth-order valence-corrected chi connectivity index (χ4v) is 8.80. The Morgan fingerprint density at radius 3 is 2.37 bits per heavy atom. The van der Waals surface area contributed by atoms with Crippen LogP contribution in [0, 0.1) is 39.9 Å². The van der Waals surface area contributed by atoms with Gasteiger partial charge in [-0.2, -0.15) is 0 Å². The standard InChI is InChI=1S/C26H43N/c1-18(2)7-8-20-11-16-26(27)24(20,5)15-12-22-23(4)13-9-19(3)17-21(23)10-14-25(22,26)6/h7-8,19-22H,1,9-17,27H2,2-6H3/b8-7+/t19-,20-,21+,22?,23-,24+,25+,26+/m0/s1. The normalized spacial score (nSPS) is 55.0. The molecular formula is C26H43N. The number of rotatable bonds is 2. The largest absolute Gasteiger partial charge is 0.324 e. The lowest BCUT2D eigenvalue weighted by atomic mass is 9.37. The van der Waals surface area contributed by atoms with E-state index in [0.29, 0.717) is 16.7 Å². The van der Waals surface area contributed by atoms with Crippen molar-refractivity contribution in [3.63, 3.8) is 0 Å². The van der Waals surface area contributed by atoms with E-state index < -0.39 is 0 Å². The van der Waals surface area contributed by atoms with E-state index in [4.69, 9.17) is 5.73 Å². The molecule has 0 aromatic rings. The Kier molecular flexibility index (Phi) is 4.55. The molecule has 1 nitrogen and oxygen atoms in total. The zero-order valence-corrected chi connectivity index (χ0v) is 18.6. The number of nitrogens with two attached hydrogens (primary N) is 1. The van der Waals surface area contributed by atoms with Crippen molar-refractivity contribution in [3.8, 4) is 0 Å². The van der Waals surface area contributed by atoms with Gasteiger partial charge in [-0.25, -0.2) is 0 Å². The predicted octanol–water partition coefficient (Wildman–Crippen LogP) is 6.89. The van der Waals surface area contributed by atoms with E-state index in [1.807, 2.05) is 0 Å². The van der Waals surface area contributed by atoms with Gasteiger partial charge in [-0.15, -0.1) is 0 Å². The molecule has 0 spiro atoms. The van der Waals surface area contributed by atoms with Crippen molar-refractivity contribution in [2.75, 3.05) is 0 Å². The van der Waals surface area contributed by atoms with Gasteiger partial charge in [0, 0.05) is 5.54 Å². The second-order valence-corrected chi connectivity index (χ2v) is 11.9. The quantitative estimate of drug-likeness (QED) is 0.527. The molecular weight excluding hydrogens is 326 g/mol. The van der Waals surface area contributed by atoms with Crippen LogP contribution in [0.5, 0.6) is 0 Å². The van der Waals surface area contributed by atoms with Gasteiger partial charge in [0.05, 0.1) is 0 Å². The summed E-state index contributed by atoms with van der Waals surface area (Å²) in [5.74, 6) is 3.30. The van der Waals surface area contributed by atoms with Gasteiger partial charge in [-0.3, -0.25) is 0 Å². The summed E-state index contributed by atoms with van der Waals surface area (Å²) in [6, 6.07) is 0. The average Bonchev–Trinajstić information content (AvgIpc) is 2.87. The molecule has 0 saturated heterocycles. The molecule has 4 aliphatic rings. The Hall–Kier alpha value is -0.560. The molecule has 0 amide bonds. The summed E-state index contributed by atoms with van der Waals surface area (Å²) < 4.78 is 0. The highest BCUT2D eigenvalue weighted by Crippen LogP contribution is 2.73. The third-order valence-electron chi connectivity index (χ3n) is 10.6. The molecule has 1 heteroatoms. The van der Waals surface area contributed by atoms with Gasteiger partial charge in [0.1, 0.15) is 0 Å². The minimum absolute atomic E-state index is 0.00988. The van der Waals surface area contributed by atoms with Crippen molar-refractivity contribution in [2.45, 2.75) is 97.9 Å². The molecule has 0 heterocycles. The first kappa shape index (κ1) is 19.7. The van der Waals surface area contributed by atoms with Crippen LogP contribution in [0.1, 0.15) is 92.4 Å². The summed E-state index contributed by atoms with van der Waals surface area (Å²) in [6.45, 7) is 16.5. The third kappa shape index (κ3) is 2.52. The first-order valence-corrected chi connectivity index (χ1v) is 11.7. The van der Waals surface area contributed by atoms with E-state index in [2.05, 4.69) is 53.3 Å². The Balaban J connectivity index is 1.70. The average molecular weight is 370 g/mol. The number of fused-ring (bicyclic) bond motifs is 5. The number of hydrogen-bond donors (Lipinski definition) is 1.